The van der Waals surface area contributed by atoms with Gasteiger partial charge in [0.05, 0.1) is 6.54 Å². The van der Waals surface area contributed by atoms with Crippen molar-refractivity contribution in [1.29, 1.82) is 0 Å². The summed E-state index contributed by atoms with van der Waals surface area (Å²) in [5, 5.41) is 8.76. The van der Waals surface area contributed by atoms with Gasteiger partial charge in [-0.25, -0.2) is 4.99 Å². The molecule has 0 bridgehead atoms. The summed E-state index contributed by atoms with van der Waals surface area (Å²) < 4.78 is 0. The molecular weight excluding hydrogens is 369 g/mol. The molecule has 0 saturated carbocycles. The molecule has 0 unspecified atom stereocenters. The molecule has 0 atom stereocenters. The van der Waals surface area contributed by atoms with Gasteiger partial charge in [-0.3, -0.25) is 0 Å². The highest BCUT2D eigenvalue weighted by Gasteiger charge is 1.97. The Hall–Kier alpha value is -0.300. The Kier molecular flexibility index (Phi) is 12.5. The maximum absolute atomic E-state index is 4.58. The lowest BCUT2D eigenvalue weighted by atomic mass is 10.2. The summed E-state index contributed by atoms with van der Waals surface area (Å²) >= 11 is 1.76. The molecule has 5 heteroatoms. The van der Waals surface area contributed by atoms with E-state index in [-0.39, 0.29) is 24.0 Å². The second-order valence-electron chi connectivity index (χ2n) is 4.26. The van der Waals surface area contributed by atoms with E-state index >= 15 is 0 Å². The number of guanidine groups is 1. The van der Waals surface area contributed by atoms with Crippen molar-refractivity contribution in [3.63, 3.8) is 0 Å². The number of nitrogens with zero attached hydrogens (tertiary/aromatic N) is 1. The fourth-order valence-corrected chi connectivity index (χ4v) is 2.29. The van der Waals surface area contributed by atoms with Gasteiger partial charge >= 0.3 is 0 Å². The van der Waals surface area contributed by atoms with Crippen LogP contribution in [0.4, 0.5) is 0 Å². The zero-order valence-electron chi connectivity index (χ0n) is 11.9. The molecule has 0 spiro atoms. The Labute approximate surface area is 138 Å². The highest BCUT2D eigenvalue weighted by atomic mass is 127. The molecule has 0 aliphatic carbocycles. The summed E-state index contributed by atoms with van der Waals surface area (Å²) in [7, 11) is 0. The van der Waals surface area contributed by atoms with Gasteiger partial charge in [0.15, 0.2) is 5.96 Å². The Bertz CT molecular complexity index is 325. The van der Waals surface area contributed by atoms with Gasteiger partial charge in [-0.05, 0) is 24.8 Å². The highest BCUT2D eigenvalue weighted by molar-refractivity contribution is 14.0. The normalized spacial score (nSPS) is 10.9. The largest absolute Gasteiger partial charge is 0.357 e. The second kappa shape index (κ2) is 12.7. The lowest BCUT2D eigenvalue weighted by Crippen LogP contribution is -2.37. The molecule has 0 aliphatic rings. The molecule has 3 nitrogen and oxygen atoms in total. The third kappa shape index (κ3) is 9.27. The van der Waals surface area contributed by atoms with Crippen LogP contribution in [-0.4, -0.2) is 19.0 Å². The first-order chi connectivity index (χ1) is 8.86. The van der Waals surface area contributed by atoms with Crippen molar-refractivity contribution in [3.05, 3.63) is 22.4 Å². The lowest BCUT2D eigenvalue weighted by molar-refractivity contribution is 0.647. The van der Waals surface area contributed by atoms with Crippen molar-refractivity contribution in [2.24, 2.45) is 4.99 Å². The summed E-state index contributed by atoms with van der Waals surface area (Å²) in [6.45, 7) is 7.02. The molecule has 2 N–H and O–H groups in total. The van der Waals surface area contributed by atoms with Crippen LogP contribution >= 0.6 is 35.3 Å². The monoisotopic (exact) mass is 395 g/mol. The van der Waals surface area contributed by atoms with Gasteiger partial charge in [0.25, 0.3) is 0 Å². The minimum absolute atomic E-state index is 0. The zero-order valence-corrected chi connectivity index (χ0v) is 15.1. The third-order valence-electron chi connectivity index (χ3n) is 2.64. The zero-order chi connectivity index (χ0) is 13.1. The quantitative estimate of drug-likeness (QED) is 0.302. The Morgan fingerprint density at radius 3 is 2.68 bits per heavy atom. The van der Waals surface area contributed by atoms with Crippen LogP contribution in [0, 0.1) is 0 Å². The Morgan fingerprint density at radius 1 is 1.21 bits per heavy atom. The average Bonchev–Trinajstić information content (AvgIpc) is 2.88. The Morgan fingerprint density at radius 2 is 2.05 bits per heavy atom. The third-order valence-corrected chi connectivity index (χ3v) is 3.50. The Balaban J connectivity index is 0.00000324. The molecule has 110 valence electrons. The van der Waals surface area contributed by atoms with Crippen molar-refractivity contribution in [2.75, 3.05) is 13.1 Å². The second-order valence-corrected chi connectivity index (χ2v) is 5.29. The van der Waals surface area contributed by atoms with Crippen LogP contribution in [0.5, 0.6) is 0 Å². The highest BCUT2D eigenvalue weighted by Crippen LogP contribution is 2.09. The predicted molar refractivity (Wildman–Crippen MR) is 96.7 cm³/mol. The molecule has 1 aromatic heterocycles. The number of unbranched alkanes of at least 4 members (excludes halogenated alkanes) is 3. The minimum Gasteiger partial charge on any atom is -0.357 e. The molecule has 0 aromatic carbocycles. The van der Waals surface area contributed by atoms with Gasteiger partial charge in [-0.1, -0.05) is 32.3 Å². The first-order valence-corrected chi connectivity index (χ1v) is 7.79. The van der Waals surface area contributed by atoms with E-state index in [4.69, 9.17) is 0 Å². The number of hydrogen-bond donors (Lipinski definition) is 2. The first kappa shape index (κ1) is 18.7. The average molecular weight is 395 g/mol. The number of nitrogens with one attached hydrogen (secondary N) is 2. The summed E-state index contributed by atoms with van der Waals surface area (Å²) in [5.41, 5.74) is 0. The van der Waals surface area contributed by atoms with E-state index in [1.165, 1.54) is 30.6 Å². The van der Waals surface area contributed by atoms with Crippen LogP contribution in [0.1, 0.15) is 44.4 Å². The summed E-state index contributed by atoms with van der Waals surface area (Å²) in [5.74, 6) is 0.933. The SMILES string of the molecule is CCCCCCNC(=NCc1cccs1)NCC.I. The molecule has 0 aliphatic heterocycles. The molecule has 1 aromatic rings. The number of halogens is 1. The summed E-state index contributed by atoms with van der Waals surface area (Å²) in [6, 6.07) is 4.19. The molecule has 1 rings (SSSR count). The number of hydrogen-bond acceptors (Lipinski definition) is 2. The van der Waals surface area contributed by atoms with Crippen LogP contribution in [0.3, 0.4) is 0 Å². The van der Waals surface area contributed by atoms with E-state index in [0.717, 1.165) is 25.6 Å². The molecule has 1 heterocycles. The molecular formula is C14H26IN3S. The molecule has 19 heavy (non-hydrogen) atoms. The van der Waals surface area contributed by atoms with Crippen molar-refractivity contribution < 1.29 is 0 Å². The van der Waals surface area contributed by atoms with Crippen molar-refractivity contribution in [3.8, 4) is 0 Å². The van der Waals surface area contributed by atoms with Crippen molar-refractivity contribution >= 4 is 41.3 Å². The fraction of sp³-hybridized carbons (Fsp3) is 0.643. The minimum atomic E-state index is 0. The summed E-state index contributed by atoms with van der Waals surface area (Å²) in [4.78, 5) is 5.88. The van der Waals surface area contributed by atoms with Gasteiger partial charge in [0, 0.05) is 18.0 Å². The summed E-state index contributed by atoms with van der Waals surface area (Å²) in [6.07, 6.45) is 5.13. The van der Waals surface area contributed by atoms with E-state index in [2.05, 4.69) is 47.0 Å². The van der Waals surface area contributed by atoms with E-state index in [1.807, 2.05) is 0 Å². The van der Waals surface area contributed by atoms with E-state index in [9.17, 15) is 0 Å². The predicted octanol–water partition coefficient (Wildman–Crippen LogP) is 4.00. The topological polar surface area (TPSA) is 36.4 Å². The van der Waals surface area contributed by atoms with E-state index in [0.29, 0.717) is 0 Å². The van der Waals surface area contributed by atoms with Gasteiger partial charge in [-0.2, -0.15) is 0 Å². The van der Waals surface area contributed by atoms with Crippen molar-refractivity contribution in [1.82, 2.24) is 10.6 Å². The molecule has 0 radical (unpaired) electrons. The fourth-order valence-electron chi connectivity index (χ4n) is 1.66. The maximum atomic E-state index is 4.58. The van der Waals surface area contributed by atoms with E-state index < -0.39 is 0 Å². The molecule has 0 fully saturated rings. The maximum Gasteiger partial charge on any atom is 0.191 e. The standard InChI is InChI=1S/C14H25N3S.HI/c1-3-5-6-7-10-16-14(15-4-2)17-12-13-9-8-11-18-13;/h8-9,11H,3-7,10,12H2,1-2H3,(H2,15,16,17);1H. The van der Waals surface area contributed by atoms with Gasteiger partial charge < -0.3 is 10.6 Å². The van der Waals surface area contributed by atoms with E-state index in [1.54, 1.807) is 11.3 Å². The first-order valence-electron chi connectivity index (χ1n) is 6.91. The van der Waals surface area contributed by atoms with Gasteiger partial charge in [-0.15, -0.1) is 35.3 Å². The van der Waals surface area contributed by atoms with Crippen LogP contribution in [-0.2, 0) is 6.54 Å². The molecule has 0 saturated heterocycles. The smallest absolute Gasteiger partial charge is 0.191 e. The van der Waals surface area contributed by atoms with Gasteiger partial charge in [0.1, 0.15) is 0 Å². The number of rotatable bonds is 8. The lowest BCUT2D eigenvalue weighted by Gasteiger charge is -2.10. The van der Waals surface area contributed by atoms with Crippen LogP contribution in [0.2, 0.25) is 0 Å². The van der Waals surface area contributed by atoms with Crippen molar-refractivity contribution in [2.45, 2.75) is 46.1 Å². The van der Waals surface area contributed by atoms with Gasteiger partial charge in [0.2, 0.25) is 0 Å². The van der Waals surface area contributed by atoms with Crippen LogP contribution < -0.4 is 10.6 Å². The van der Waals surface area contributed by atoms with Crippen LogP contribution in [0.25, 0.3) is 0 Å². The number of aliphatic imine (C=N–C) groups is 1. The molecule has 0 amide bonds. The van der Waals surface area contributed by atoms with Crippen LogP contribution in [0.15, 0.2) is 22.5 Å². The number of thiophene rings is 1.